The first-order valence-electron chi connectivity index (χ1n) is 5.65. The van der Waals surface area contributed by atoms with Gasteiger partial charge in [-0.3, -0.25) is 4.98 Å². The number of nitrogens with zero attached hydrogens (tertiary/aromatic N) is 2. The van der Waals surface area contributed by atoms with E-state index in [-0.39, 0.29) is 13.2 Å². The molecule has 16 heavy (non-hydrogen) atoms. The van der Waals surface area contributed by atoms with Gasteiger partial charge in [0.05, 0.1) is 18.5 Å². The maximum atomic E-state index is 9.19. The maximum absolute atomic E-state index is 9.19. The number of unbranched alkanes of at least 4 members (excludes halogenated alkanes) is 2. The standard InChI is InChI=1S/C12H20N2O2/c1-14(7-3-2-4-8-15)12-9-13-6-5-11(12)10-16/h5-6,9,15-16H,2-4,7-8,10H2,1H3. The zero-order valence-electron chi connectivity index (χ0n) is 9.76. The SMILES string of the molecule is CN(CCCCCO)c1cnccc1CO. The summed E-state index contributed by atoms with van der Waals surface area (Å²) in [6.07, 6.45) is 6.38. The molecule has 0 aliphatic heterocycles. The van der Waals surface area contributed by atoms with Gasteiger partial charge in [0.2, 0.25) is 0 Å². The Hall–Kier alpha value is -1.13. The van der Waals surface area contributed by atoms with Gasteiger partial charge in [0.1, 0.15) is 0 Å². The van der Waals surface area contributed by atoms with Crippen molar-refractivity contribution >= 4 is 5.69 Å². The fraction of sp³-hybridized carbons (Fsp3) is 0.583. The van der Waals surface area contributed by atoms with Crippen LogP contribution in [-0.4, -0.2) is 35.4 Å². The number of aromatic nitrogens is 1. The second kappa shape index (κ2) is 7.19. The molecule has 0 saturated heterocycles. The summed E-state index contributed by atoms with van der Waals surface area (Å²) in [4.78, 5) is 6.16. The Morgan fingerprint density at radius 3 is 2.75 bits per heavy atom. The highest BCUT2D eigenvalue weighted by Crippen LogP contribution is 2.18. The number of hydrogen-bond donors (Lipinski definition) is 2. The van der Waals surface area contributed by atoms with Crippen LogP contribution in [0.2, 0.25) is 0 Å². The van der Waals surface area contributed by atoms with Crippen molar-refractivity contribution in [1.29, 1.82) is 0 Å². The van der Waals surface area contributed by atoms with Crippen LogP contribution in [0, 0.1) is 0 Å². The second-order valence-corrected chi connectivity index (χ2v) is 3.87. The molecule has 0 unspecified atom stereocenters. The molecule has 0 atom stereocenters. The summed E-state index contributed by atoms with van der Waals surface area (Å²) < 4.78 is 0. The lowest BCUT2D eigenvalue weighted by Crippen LogP contribution is -2.20. The van der Waals surface area contributed by atoms with Gasteiger partial charge in [-0.1, -0.05) is 0 Å². The molecule has 0 fully saturated rings. The van der Waals surface area contributed by atoms with Crippen LogP contribution in [-0.2, 0) is 6.61 Å². The minimum absolute atomic E-state index is 0.0405. The van der Waals surface area contributed by atoms with Gasteiger partial charge in [-0.2, -0.15) is 0 Å². The summed E-state index contributed by atoms with van der Waals surface area (Å²) in [5.74, 6) is 0. The van der Waals surface area contributed by atoms with Gasteiger partial charge in [-0.15, -0.1) is 0 Å². The van der Waals surface area contributed by atoms with E-state index >= 15 is 0 Å². The molecule has 1 heterocycles. The van der Waals surface area contributed by atoms with E-state index in [0.717, 1.165) is 37.1 Å². The van der Waals surface area contributed by atoms with Gasteiger partial charge in [0.15, 0.2) is 0 Å². The van der Waals surface area contributed by atoms with E-state index in [2.05, 4.69) is 9.88 Å². The molecule has 0 amide bonds. The molecule has 0 bridgehead atoms. The van der Waals surface area contributed by atoms with Gasteiger partial charge in [-0.25, -0.2) is 0 Å². The molecule has 0 aliphatic rings. The van der Waals surface area contributed by atoms with Crippen molar-refractivity contribution in [3.8, 4) is 0 Å². The van der Waals surface area contributed by atoms with Crippen molar-refractivity contribution in [3.05, 3.63) is 24.0 Å². The van der Waals surface area contributed by atoms with E-state index < -0.39 is 0 Å². The third-order valence-corrected chi connectivity index (χ3v) is 2.62. The van der Waals surface area contributed by atoms with Gasteiger partial charge < -0.3 is 15.1 Å². The highest BCUT2D eigenvalue weighted by atomic mass is 16.3. The number of pyridine rings is 1. The summed E-state index contributed by atoms with van der Waals surface area (Å²) in [6, 6.07) is 1.83. The molecule has 4 nitrogen and oxygen atoms in total. The first-order chi connectivity index (χ1) is 7.79. The van der Waals surface area contributed by atoms with Crippen LogP contribution in [0.15, 0.2) is 18.5 Å². The Morgan fingerprint density at radius 1 is 1.25 bits per heavy atom. The molecule has 1 aromatic rings. The van der Waals surface area contributed by atoms with E-state index in [1.54, 1.807) is 12.4 Å². The molecule has 2 N–H and O–H groups in total. The number of rotatable bonds is 7. The monoisotopic (exact) mass is 224 g/mol. The van der Waals surface area contributed by atoms with Crippen molar-refractivity contribution in [1.82, 2.24) is 4.98 Å². The average molecular weight is 224 g/mol. The Balaban J connectivity index is 2.48. The van der Waals surface area contributed by atoms with E-state index in [1.807, 2.05) is 13.1 Å². The topological polar surface area (TPSA) is 56.6 Å². The number of anilines is 1. The zero-order valence-corrected chi connectivity index (χ0v) is 9.76. The lowest BCUT2D eigenvalue weighted by molar-refractivity contribution is 0.281. The Labute approximate surface area is 96.6 Å². The molecule has 0 radical (unpaired) electrons. The smallest absolute Gasteiger partial charge is 0.0703 e. The molecule has 1 rings (SSSR count). The van der Waals surface area contributed by atoms with Crippen LogP contribution in [0.1, 0.15) is 24.8 Å². The third kappa shape index (κ3) is 3.79. The van der Waals surface area contributed by atoms with Crippen LogP contribution in [0.4, 0.5) is 5.69 Å². The quantitative estimate of drug-likeness (QED) is 0.683. The van der Waals surface area contributed by atoms with E-state index in [4.69, 9.17) is 5.11 Å². The van der Waals surface area contributed by atoms with Crippen molar-refractivity contribution in [2.24, 2.45) is 0 Å². The molecular weight excluding hydrogens is 204 g/mol. The summed E-state index contributed by atoms with van der Waals surface area (Å²) in [6.45, 7) is 1.22. The normalized spacial score (nSPS) is 10.4. The summed E-state index contributed by atoms with van der Waals surface area (Å²) in [7, 11) is 2.00. The van der Waals surface area contributed by atoms with E-state index in [9.17, 15) is 5.11 Å². The molecular formula is C12H20N2O2. The van der Waals surface area contributed by atoms with Crippen LogP contribution >= 0.6 is 0 Å². The predicted molar refractivity (Wildman–Crippen MR) is 64.4 cm³/mol. The lowest BCUT2D eigenvalue weighted by Gasteiger charge is -2.21. The van der Waals surface area contributed by atoms with Crippen LogP contribution in [0.25, 0.3) is 0 Å². The van der Waals surface area contributed by atoms with Gasteiger partial charge >= 0.3 is 0 Å². The molecule has 4 heteroatoms. The predicted octanol–water partition coefficient (Wildman–Crippen LogP) is 1.17. The first kappa shape index (κ1) is 12.9. The minimum atomic E-state index is 0.0405. The Kier molecular flexibility index (Phi) is 5.82. The summed E-state index contributed by atoms with van der Waals surface area (Å²) in [5, 5.41) is 17.9. The number of hydrogen-bond acceptors (Lipinski definition) is 4. The Bertz CT molecular complexity index is 305. The molecule has 90 valence electrons. The van der Waals surface area contributed by atoms with Crippen LogP contribution in [0.5, 0.6) is 0 Å². The molecule has 1 aromatic heterocycles. The average Bonchev–Trinajstić information content (AvgIpc) is 2.34. The van der Waals surface area contributed by atoms with Crippen molar-refractivity contribution < 1.29 is 10.2 Å². The fourth-order valence-corrected chi connectivity index (χ4v) is 1.65. The lowest BCUT2D eigenvalue weighted by atomic mass is 10.2. The summed E-state index contributed by atoms with van der Waals surface area (Å²) >= 11 is 0. The second-order valence-electron chi connectivity index (χ2n) is 3.87. The third-order valence-electron chi connectivity index (χ3n) is 2.62. The van der Waals surface area contributed by atoms with Crippen molar-refractivity contribution in [2.45, 2.75) is 25.9 Å². The molecule has 0 spiro atoms. The zero-order chi connectivity index (χ0) is 11.8. The minimum Gasteiger partial charge on any atom is -0.396 e. The van der Waals surface area contributed by atoms with Gasteiger partial charge in [0, 0.05) is 32.0 Å². The number of aliphatic hydroxyl groups excluding tert-OH is 2. The van der Waals surface area contributed by atoms with E-state index in [1.165, 1.54) is 0 Å². The summed E-state index contributed by atoms with van der Waals surface area (Å²) in [5.41, 5.74) is 1.88. The largest absolute Gasteiger partial charge is 0.396 e. The maximum Gasteiger partial charge on any atom is 0.0703 e. The molecule has 0 aromatic carbocycles. The molecule has 0 saturated carbocycles. The van der Waals surface area contributed by atoms with Crippen LogP contribution < -0.4 is 4.90 Å². The number of aliphatic hydroxyl groups is 2. The van der Waals surface area contributed by atoms with E-state index in [0.29, 0.717) is 0 Å². The Morgan fingerprint density at radius 2 is 2.06 bits per heavy atom. The highest BCUT2D eigenvalue weighted by Gasteiger charge is 2.05. The fourth-order valence-electron chi connectivity index (χ4n) is 1.65. The highest BCUT2D eigenvalue weighted by molar-refractivity contribution is 5.50. The van der Waals surface area contributed by atoms with Crippen molar-refractivity contribution in [2.75, 3.05) is 25.1 Å². The van der Waals surface area contributed by atoms with Crippen molar-refractivity contribution in [3.63, 3.8) is 0 Å². The van der Waals surface area contributed by atoms with Gasteiger partial charge in [0.25, 0.3) is 0 Å². The van der Waals surface area contributed by atoms with Gasteiger partial charge in [-0.05, 0) is 25.3 Å². The van der Waals surface area contributed by atoms with Crippen LogP contribution in [0.3, 0.4) is 0 Å². The first-order valence-corrected chi connectivity index (χ1v) is 5.65. The molecule has 0 aliphatic carbocycles.